The van der Waals surface area contributed by atoms with Gasteiger partial charge in [-0.25, -0.2) is 4.79 Å². The third kappa shape index (κ3) is 3.49. The number of aryl methyl sites for hydroxylation is 1. The first-order chi connectivity index (χ1) is 9.86. The number of anilines is 2. The smallest absolute Gasteiger partial charge is 0.323 e. The van der Waals surface area contributed by atoms with Crippen LogP contribution in [0.2, 0.25) is 5.02 Å². The predicted molar refractivity (Wildman–Crippen MR) is 80.3 cm³/mol. The molecule has 0 bridgehead atoms. The first-order valence-electron chi connectivity index (χ1n) is 5.96. The van der Waals surface area contributed by atoms with Gasteiger partial charge in [-0.3, -0.25) is 0 Å². The average Bonchev–Trinajstić information content (AvgIpc) is 2.40. The molecule has 0 atom stereocenters. The molecule has 0 aliphatic heterocycles. The van der Waals surface area contributed by atoms with Crippen LogP contribution in [0.25, 0.3) is 0 Å². The summed E-state index contributed by atoms with van der Waals surface area (Å²) < 4.78 is 0. The second-order valence-electron chi connectivity index (χ2n) is 4.41. The molecule has 7 heteroatoms. The molecular weight excluding hydrogens is 296 g/mol. The predicted octanol–water partition coefficient (Wildman–Crippen LogP) is 3.41. The van der Waals surface area contributed by atoms with Gasteiger partial charge < -0.3 is 26.0 Å². The number of carbonyl (C=O) groups is 1. The van der Waals surface area contributed by atoms with Crippen LogP contribution in [-0.4, -0.2) is 21.4 Å². The zero-order valence-corrected chi connectivity index (χ0v) is 11.8. The highest BCUT2D eigenvalue weighted by Gasteiger charge is 2.10. The number of rotatable bonds is 2. The van der Waals surface area contributed by atoms with E-state index in [1.807, 2.05) is 6.92 Å². The molecule has 0 saturated heterocycles. The maximum Gasteiger partial charge on any atom is 0.323 e. The molecule has 0 radical (unpaired) electrons. The van der Waals surface area contributed by atoms with E-state index in [4.69, 9.17) is 11.6 Å². The topological polar surface area (TPSA) is 102 Å². The van der Waals surface area contributed by atoms with Crippen molar-refractivity contribution < 1.29 is 20.1 Å². The largest absolute Gasteiger partial charge is 0.504 e. The highest BCUT2D eigenvalue weighted by atomic mass is 35.5. The van der Waals surface area contributed by atoms with E-state index in [-0.39, 0.29) is 5.69 Å². The maximum absolute atomic E-state index is 11.8. The van der Waals surface area contributed by atoms with Crippen molar-refractivity contribution >= 4 is 29.0 Å². The van der Waals surface area contributed by atoms with Crippen molar-refractivity contribution in [3.63, 3.8) is 0 Å². The number of hydrogen-bond donors (Lipinski definition) is 5. The number of benzene rings is 2. The Kier molecular flexibility index (Phi) is 4.09. The highest BCUT2D eigenvalue weighted by Crippen LogP contribution is 2.37. The molecule has 0 spiro atoms. The van der Waals surface area contributed by atoms with E-state index in [1.54, 1.807) is 18.2 Å². The van der Waals surface area contributed by atoms with Crippen LogP contribution in [0.1, 0.15) is 5.56 Å². The monoisotopic (exact) mass is 308 g/mol. The molecule has 2 amide bonds. The fourth-order valence-corrected chi connectivity index (χ4v) is 1.82. The minimum atomic E-state index is -0.647. The minimum Gasteiger partial charge on any atom is -0.504 e. The molecule has 0 aliphatic carbocycles. The molecule has 110 valence electrons. The molecule has 21 heavy (non-hydrogen) atoms. The van der Waals surface area contributed by atoms with Gasteiger partial charge in [0.1, 0.15) is 0 Å². The van der Waals surface area contributed by atoms with Crippen molar-refractivity contribution in [2.24, 2.45) is 0 Å². The first kappa shape index (κ1) is 14.8. The molecule has 6 nitrogen and oxygen atoms in total. The van der Waals surface area contributed by atoms with Gasteiger partial charge in [0.25, 0.3) is 0 Å². The second kappa shape index (κ2) is 5.80. The Morgan fingerprint density at radius 3 is 2.14 bits per heavy atom. The molecule has 0 unspecified atom stereocenters. The fourth-order valence-electron chi connectivity index (χ4n) is 1.64. The normalized spacial score (nSPS) is 10.2. The number of halogens is 1. The number of amides is 2. The Labute approximate surface area is 125 Å². The number of hydrogen-bond acceptors (Lipinski definition) is 4. The van der Waals surface area contributed by atoms with E-state index in [2.05, 4.69) is 10.6 Å². The van der Waals surface area contributed by atoms with Crippen molar-refractivity contribution in [1.29, 1.82) is 0 Å². The SMILES string of the molecule is Cc1ccc(NC(=O)Nc2cc(O)c(O)c(O)c2)cc1Cl. The Balaban J connectivity index is 2.09. The lowest BCUT2D eigenvalue weighted by Gasteiger charge is -2.10. The van der Waals surface area contributed by atoms with Gasteiger partial charge in [-0.15, -0.1) is 0 Å². The summed E-state index contributed by atoms with van der Waals surface area (Å²) in [4.78, 5) is 11.8. The van der Waals surface area contributed by atoms with E-state index in [1.165, 1.54) is 0 Å². The van der Waals surface area contributed by atoms with Gasteiger partial charge in [0.2, 0.25) is 0 Å². The van der Waals surface area contributed by atoms with E-state index < -0.39 is 23.3 Å². The molecule has 2 aromatic carbocycles. The molecule has 0 heterocycles. The van der Waals surface area contributed by atoms with Crippen LogP contribution < -0.4 is 10.6 Å². The van der Waals surface area contributed by atoms with E-state index in [0.29, 0.717) is 10.7 Å². The van der Waals surface area contributed by atoms with Gasteiger partial charge in [0, 0.05) is 22.8 Å². The number of phenolic OH excluding ortho intramolecular Hbond substituents is 3. The molecule has 0 aromatic heterocycles. The number of phenols is 3. The van der Waals surface area contributed by atoms with Gasteiger partial charge in [0.15, 0.2) is 17.2 Å². The number of nitrogens with one attached hydrogen (secondary N) is 2. The zero-order chi connectivity index (χ0) is 15.6. The van der Waals surface area contributed by atoms with Crippen LogP contribution in [-0.2, 0) is 0 Å². The van der Waals surface area contributed by atoms with E-state index >= 15 is 0 Å². The van der Waals surface area contributed by atoms with Gasteiger partial charge in [-0.2, -0.15) is 0 Å². The summed E-state index contributed by atoms with van der Waals surface area (Å²) in [7, 11) is 0. The number of aromatic hydroxyl groups is 3. The van der Waals surface area contributed by atoms with Crippen LogP contribution in [0, 0.1) is 6.92 Å². The zero-order valence-electron chi connectivity index (χ0n) is 11.0. The maximum atomic E-state index is 11.8. The van der Waals surface area contributed by atoms with E-state index in [0.717, 1.165) is 17.7 Å². The van der Waals surface area contributed by atoms with Crippen LogP contribution in [0.3, 0.4) is 0 Å². The highest BCUT2D eigenvalue weighted by molar-refractivity contribution is 6.31. The van der Waals surface area contributed by atoms with Crippen LogP contribution >= 0.6 is 11.6 Å². The summed E-state index contributed by atoms with van der Waals surface area (Å²) in [6.45, 7) is 1.84. The van der Waals surface area contributed by atoms with Crippen LogP contribution in [0.4, 0.5) is 16.2 Å². The molecular formula is C14H13ClN2O4. The summed E-state index contributed by atoms with van der Waals surface area (Å²) in [5.41, 5.74) is 1.50. The third-order valence-electron chi connectivity index (χ3n) is 2.76. The lowest BCUT2D eigenvalue weighted by atomic mass is 10.2. The molecule has 2 aromatic rings. The van der Waals surface area contributed by atoms with Gasteiger partial charge >= 0.3 is 6.03 Å². The first-order valence-corrected chi connectivity index (χ1v) is 6.33. The summed E-state index contributed by atoms with van der Waals surface area (Å²) >= 11 is 5.95. The van der Waals surface area contributed by atoms with Gasteiger partial charge in [-0.05, 0) is 24.6 Å². The Morgan fingerprint density at radius 1 is 1.00 bits per heavy atom. The lowest BCUT2D eigenvalue weighted by molar-refractivity contribution is 0.262. The average molecular weight is 309 g/mol. The Hall–Kier alpha value is -2.60. The second-order valence-corrected chi connectivity index (χ2v) is 4.81. The summed E-state index contributed by atoms with van der Waals surface area (Å²) in [6.07, 6.45) is 0. The van der Waals surface area contributed by atoms with Crippen molar-refractivity contribution in [2.45, 2.75) is 6.92 Å². The Bertz CT molecular complexity index is 680. The minimum absolute atomic E-state index is 0.124. The van der Waals surface area contributed by atoms with E-state index in [9.17, 15) is 20.1 Å². The lowest BCUT2D eigenvalue weighted by Crippen LogP contribution is -2.19. The number of urea groups is 1. The molecule has 0 aliphatic rings. The van der Waals surface area contributed by atoms with Crippen LogP contribution in [0.15, 0.2) is 30.3 Å². The van der Waals surface area contributed by atoms with Crippen molar-refractivity contribution in [3.8, 4) is 17.2 Å². The molecule has 2 rings (SSSR count). The van der Waals surface area contributed by atoms with Crippen molar-refractivity contribution in [2.75, 3.05) is 10.6 Å². The van der Waals surface area contributed by atoms with Gasteiger partial charge in [0.05, 0.1) is 5.69 Å². The Morgan fingerprint density at radius 2 is 1.57 bits per heavy atom. The third-order valence-corrected chi connectivity index (χ3v) is 3.16. The van der Waals surface area contributed by atoms with Gasteiger partial charge in [-0.1, -0.05) is 17.7 Å². The summed E-state index contributed by atoms with van der Waals surface area (Å²) in [5.74, 6) is -1.72. The molecule has 0 saturated carbocycles. The molecule has 0 fully saturated rings. The van der Waals surface area contributed by atoms with Crippen molar-refractivity contribution in [1.82, 2.24) is 0 Å². The standard InChI is InChI=1S/C14H13ClN2O4/c1-7-2-3-8(4-10(7)15)16-14(21)17-9-5-11(18)13(20)12(19)6-9/h2-6,18-20H,1H3,(H2,16,17,21). The molecule has 5 N–H and O–H groups in total. The fraction of sp³-hybridized carbons (Fsp3) is 0.0714. The summed E-state index contributed by atoms with van der Waals surface area (Å²) in [5, 5.41) is 33.4. The summed E-state index contributed by atoms with van der Waals surface area (Å²) in [6, 6.07) is 6.68. The quantitative estimate of drug-likeness (QED) is 0.433. The van der Waals surface area contributed by atoms with Crippen molar-refractivity contribution in [3.05, 3.63) is 40.9 Å². The number of carbonyl (C=O) groups excluding carboxylic acids is 1. The van der Waals surface area contributed by atoms with Crippen LogP contribution in [0.5, 0.6) is 17.2 Å².